The highest BCUT2D eigenvalue weighted by atomic mass is 32.2. The number of aromatic nitrogens is 1. The first-order valence-corrected chi connectivity index (χ1v) is 12.4. The highest BCUT2D eigenvalue weighted by molar-refractivity contribution is 7.92. The number of thiazole rings is 1. The van der Waals surface area contributed by atoms with Crippen LogP contribution in [-0.2, 0) is 19.4 Å². The maximum Gasteiger partial charge on any atom is 0.314 e. The number of nitrogens with one attached hydrogen (secondary N) is 2. The van der Waals surface area contributed by atoms with Crippen LogP contribution in [0.1, 0.15) is 36.5 Å². The average Bonchev–Trinajstić information content (AvgIpc) is 3.40. The van der Waals surface area contributed by atoms with Crippen molar-refractivity contribution >= 4 is 44.0 Å². The number of para-hydroxylation sites is 1. The number of Topliss-reactive ketones (excluding diaryl/α,β-unsaturated/α-hetero) is 1. The third-order valence-corrected chi connectivity index (χ3v) is 7.47. The molecule has 31 heavy (non-hydrogen) atoms. The monoisotopic (exact) mass is 465 g/mol. The van der Waals surface area contributed by atoms with E-state index in [4.69, 9.17) is 4.74 Å². The summed E-state index contributed by atoms with van der Waals surface area (Å²) in [6.45, 7) is 2.41. The molecule has 0 bridgehead atoms. The van der Waals surface area contributed by atoms with Crippen molar-refractivity contribution in [3.05, 3.63) is 36.0 Å². The first-order chi connectivity index (χ1) is 14.6. The van der Waals surface area contributed by atoms with E-state index in [1.54, 1.807) is 19.1 Å². The summed E-state index contributed by atoms with van der Waals surface area (Å²) >= 11 is 0.824. The molecule has 0 aliphatic carbocycles. The van der Waals surface area contributed by atoms with Crippen LogP contribution in [0, 0.1) is 5.92 Å². The van der Waals surface area contributed by atoms with Crippen LogP contribution < -0.4 is 15.4 Å². The van der Waals surface area contributed by atoms with Crippen molar-refractivity contribution in [2.45, 2.75) is 36.4 Å². The lowest BCUT2D eigenvalue weighted by molar-refractivity contribution is -0.140. The summed E-state index contributed by atoms with van der Waals surface area (Å²) in [4.78, 5) is 41.3. The second kappa shape index (κ2) is 9.67. The van der Waals surface area contributed by atoms with Crippen LogP contribution in [0.5, 0.6) is 5.75 Å². The van der Waals surface area contributed by atoms with Crippen molar-refractivity contribution in [3.63, 3.8) is 0 Å². The number of sulfone groups is 1. The number of rotatable bonds is 8. The van der Waals surface area contributed by atoms with E-state index in [1.165, 1.54) is 18.3 Å². The van der Waals surface area contributed by atoms with Crippen molar-refractivity contribution in [3.8, 4) is 5.75 Å². The van der Waals surface area contributed by atoms with Crippen LogP contribution in [0.25, 0.3) is 0 Å². The Morgan fingerprint density at radius 1 is 1.32 bits per heavy atom. The van der Waals surface area contributed by atoms with Gasteiger partial charge in [0.15, 0.2) is 20.8 Å². The molecule has 9 nitrogen and oxygen atoms in total. The average molecular weight is 466 g/mol. The largest absolute Gasteiger partial charge is 0.425 e. The fourth-order valence-electron chi connectivity index (χ4n) is 3.09. The van der Waals surface area contributed by atoms with E-state index in [2.05, 4.69) is 15.6 Å². The van der Waals surface area contributed by atoms with Gasteiger partial charge in [-0.25, -0.2) is 13.4 Å². The Labute approximate surface area is 184 Å². The molecule has 2 heterocycles. The van der Waals surface area contributed by atoms with E-state index in [1.807, 2.05) is 0 Å². The molecule has 2 atom stereocenters. The van der Waals surface area contributed by atoms with Gasteiger partial charge in [-0.1, -0.05) is 30.4 Å². The summed E-state index contributed by atoms with van der Waals surface area (Å²) in [5, 5.41) is 5.73. The Morgan fingerprint density at radius 2 is 2.06 bits per heavy atom. The van der Waals surface area contributed by atoms with Crippen LogP contribution in [0.3, 0.4) is 0 Å². The van der Waals surface area contributed by atoms with Crippen molar-refractivity contribution in [1.82, 2.24) is 10.3 Å². The van der Waals surface area contributed by atoms with Crippen molar-refractivity contribution < 1.29 is 27.5 Å². The number of nitrogens with zero attached hydrogens (tertiary/aromatic N) is 1. The van der Waals surface area contributed by atoms with Gasteiger partial charge < -0.3 is 10.1 Å². The molecule has 1 saturated heterocycles. The minimum Gasteiger partial charge on any atom is -0.425 e. The van der Waals surface area contributed by atoms with Gasteiger partial charge in [-0.05, 0) is 31.5 Å². The molecular formula is C20H23N3O6S2. The van der Waals surface area contributed by atoms with Gasteiger partial charge in [-0.15, -0.1) is 0 Å². The van der Waals surface area contributed by atoms with Gasteiger partial charge in [0.05, 0.1) is 23.7 Å². The number of hydrogen-bond donors (Lipinski definition) is 2. The zero-order chi connectivity index (χ0) is 22.6. The Morgan fingerprint density at radius 3 is 2.71 bits per heavy atom. The fourth-order valence-corrected chi connectivity index (χ4v) is 4.72. The Kier molecular flexibility index (Phi) is 7.19. The number of ether oxygens (including phenoxy) is 1. The lowest BCUT2D eigenvalue weighted by Crippen LogP contribution is -2.33. The molecule has 1 aliphatic rings. The Hall–Kier alpha value is -2.63. The molecule has 0 spiro atoms. The predicted octanol–water partition coefficient (Wildman–Crippen LogP) is 2.05. The lowest BCUT2D eigenvalue weighted by Gasteiger charge is -2.15. The molecule has 3 rings (SSSR count). The summed E-state index contributed by atoms with van der Waals surface area (Å²) in [5.41, 5.74) is 0.0861. The third-order valence-electron chi connectivity index (χ3n) is 4.77. The quantitative estimate of drug-likeness (QED) is 0.447. The van der Waals surface area contributed by atoms with Crippen molar-refractivity contribution in [2.24, 2.45) is 5.92 Å². The molecule has 1 amide bonds. The molecule has 1 fully saturated rings. The number of hydrogen-bond acceptors (Lipinski definition) is 9. The summed E-state index contributed by atoms with van der Waals surface area (Å²) in [6, 6.07) is 5.95. The number of carbonyl (C=O) groups is 3. The molecule has 2 aromatic rings. The van der Waals surface area contributed by atoms with E-state index in [9.17, 15) is 22.8 Å². The van der Waals surface area contributed by atoms with Crippen LogP contribution in [0.2, 0.25) is 0 Å². The van der Waals surface area contributed by atoms with Crippen molar-refractivity contribution in [2.75, 3.05) is 18.1 Å². The molecule has 11 heteroatoms. The summed E-state index contributed by atoms with van der Waals surface area (Å²) in [6.07, 6.45) is 3.97. The minimum atomic E-state index is -3.43. The second-order valence-corrected chi connectivity index (χ2v) is 10.6. The van der Waals surface area contributed by atoms with Crippen molar-refractivity contribution in [1.29, 1.82) is 0 Å². The maximum absolute atomic E-state index is 12.6. The first kappa shape index (κ1) is 23.0. The fraction of sp³-hybridized carbons (Fsp3) is 0.400. The van der Waals surface area contributed by atoms with Crippen LogP contribution >= 0.6 is 11.3 Å². The van der Waals surface area contributed by atoms with Gasteiger partial charge >= 0.3 is 5.97 Å². The van der Waals surface area contributed by atoms with Gasteiger partial charge in [-0.3, -0.25) is 19.7 Å². The molecule has 1 aromatic carbocycles. The number of benzene rings is 1. The normalized spacial score (nSPS) is 17.2. The Bertz CT molecular complexity index is 1090. The molecule has 1 aromatic heterocycles. The standard InChI is InChI=1S/C20H23N3O6S2/c1-12(10-15(24)14-7-5-9-21-14)19(26)29-16-8-4-3-6-13(16)18(25)23-20-22-11-17(30-20)31(2,27)28/h3-4,6,8,11-12,14,21H,5,7,9-10H2,1-2H3,(H,22,23,25)/t12-,14+/m1/s1. The van der Waals surface area contributed by atoms with E-state index in [0.717, 1.165) is 37.0 Å². The minimum absolute atomic E-state index is 0.0257. The molecule has 166 valence electrons. The van der Waals surface area contributed by atoms with E-state index >= 15 is 0 Å². The second-order valence-electron chi connectivity index (χ2n) is 7.35. The van der Waals surface area contributed by atoms with Gasteiger partial charge in [0, 0.05) is 12.7 Å². The summed E-state index contributed by atoms with van der Waals surface area (Å²) in [7, 11) is -3.43. The lowest BCUT2D eigenvalue weighted by atomic mass is 9.99. The van der Waals surface area contributed by atoms with E-state index in [0.29, 0.717) is 0 Å². The SMILES string of the molecule is C[C@H](CC(=O)[C@@H]1CCCN1)C(=O)Oc1ccccc1C(=O)Nc1ncc(S(C)(=O)=O)s1. The van der Waals surface area contributed by atoms with Crippen LogP contribution in [-0.4, -0.2) is 49.9 Å². The van der Waals surface area contributed by atoms with Crippen LogP contribution in [0.15, 0.2) is 34.7 Å². The third kappa shape index (κ3) is 5.96. The number of amides is 1. The van der Waals surface area contributed by atoms with Gasteiger partial charge in [0.25, 0.3) is 5.91 Å². The molecule has 0 radical (unpaired) electrons. The molecular weight excluding hydrogens is 442 g/mol. The summed E-state index contributed by atoms with van der Waals surface area (Å²) in [5.74, 6) is -1.86. The molecule has 0 saturated carbocycles. The molecule has 1 aliphatic heterocycles. The number of carbonyl (C=O) groups excluding carboxylic acids is 3. The van der Waals surface area contributed by atoms with E-state index < -0.39 is 27.6 Å². The predicted molar refractivity (Wildman–Crippen MR) is 115 cm³/mol. The van der Waals surface area contributed by atoms with Gasteiger partial charge in [-0.2, -0.15) is 0 Å². The van der Waals surface area contributed by atoms with Crippen LogP contribution in [0.4, 0.5) is 5.13 Å². The zero-order valence-electron chi connectivity index (χ0n) is 17.1. The smallest absolute Gasteiger partial charge is 0.314 e. The van der Waals surface area contributed by atoms with Gasteiger partial charge in [0.2, 0.25) is 0 Å². The maximum atomic E-state index is 12.6. The Balaban J connectivity index is 1.66. The summed E-state index contributed by atoms with van der Waals surface area (Å²) < 4.78 is 28.6. The highest BCUT2D eigenvalue weighted by Gasteiger charge is 2.27. The van der Waals surface area contributed by atoms with E-state index in [-0.39, 0.29) is 38.9 Å². The topological polar surface area (TPSA) is 132 Å². The first-order valence-electron chi connectivity index (χ1n) is 9.69. The number of esters is 1. The highest BCUT2D eigenvalue weighted by Crippen LogP contribution is 2.25. The van der Waals surface area contributed by atoms with Gasteiger partial charge in [0.1, 0.15) is 9.96 Å². The molecule has 0 unspecified atom stereocenters. The number of ketones is 1. The zero-order valence-corrected chi connectivity index (χ0v) is 18.7. The number of anilines is 1. The molecule has 2 N–H and O–H groups in total.